The van der Waals surface area contributed by atoms with E-state index in [1.54, 1.807) is 0 Å². The molecule has 2 aromatic carbocycles. The number of fused-ring (bicyclic) bond motifs is 1. The summed E-state index contributed by atoms with van der Waals surface area (Å²) in [6.07, 6.45) is 4.58. The normalized spacial score (nSPS) is 14.6. The summed E-state index contributed by atoms with van der Waals surface area (Å²) in [4.78, 5) is 11.0. The summed E-state index contributed by atoms with van der Waals surface area (Å²) < 4.78 is 13.4. The van der Waals surface area contributed by atoms with Crippen molar-refractivity contribution in [2.45, 2.75) is 32.7 Å². The van der Waals surface area contributed by atoms with E-state index in [-0.39, 0.29) is 11.9 Å². The molecule has 3 aromatic rings. The highest BCUT2D eigenvalue weighted by Gasteiger charge is 2.21. The Morgan fingerprint density at radius 3 is 2.64 bits per heavy atom. The highest BCUT2D eigenvalue weighted by Crippen LogP contribution is 2.30. The Kier molecular flexibility index (Phi) is 5.19. The fourth-order valence-electron chi connectivity index (χ4n) is 3.03. The number of aromatic nitrogens is 2. The number of nitrogens with zero attached hydrogens (tertiary/aromatic N) is 2. The van der Waals surface area contributed by atoms with E-state index in [9.17, 15) is 4.79 Å². The Bertz CT molecular complexity index is 961. The van der Waals surface area contributed by atoms with Gasteiger partial charge in [-0.15, -0.1) is 0 Å². The average molecular weight is 379 g/mol. The zero-order valence-corrected chi connectivity index (χ0v) is 16.2. The zero-order valence-electron chi connectivity index (χ0n) is 16.2. The number of hydrogen-bond donors (Lipinski definition) is 1. The van der Waals surface area contributed by atoms with Crippen LogP contribution in [0.5, 0.6) is 11.5 Å². The number of carbonyl (C=O) groups is 1. The molecule has 1 heterocycles. The molecule has 6 heteroatoms. The van der Waals surface area contributed by atoms with Crippen molar-refractivity contribution in [3.8, 4) is 17.2 Å². The molecule has 0 radical (unpaired) electrons. The minimum Gasteiger partial charge on any atom is -0.493 e. The summed E-state index contributed by atoms with van der Waals surface area (Å²) in [7, 11) is 0. The third-order valence-electron chi connectivity index (χ3n) is 4.71. The first-order valence-corrected chi connectivity index (χ1v) is 9.69. The van der Waals surface area contributed by atoms with Gasteiger partial charge in [-0.05, 0) is 68.1 Å². The second-order valence-corrected chi connectivity index (χ2v) is 7.46. The predicted molar refractivity (Wildman–Crippen MR) is 108 cm³/mol. The van der Waals surface area contributed by atoms with Crippen molar-refractivity contribution >= 4 is 16.8 Å². The molecular formula is C22H25N3O3. The van der Waals surface area contributed by atoms with Gasteiger partial charge in [0.15, 0.2) is 0 Å². The number of carbonyl (C=O) groups excluding carboxylic acids is 1. The van der Waals surface area contributed by atoms with E-state index in [1.165, 1.54) is 19.8 Å². The van der Waals surface area contributed by atoms with Gasteiger partial charge < -0.3 is 14.8 Å². The molecule has 1 atom stereocenters. The predicted octanol–water partition coefficient (Wildman–Crippen LogP) is 3.72. The second-order valence-electron chi connectivity index (χ2n) is 7.46. The maximum atomic E-state index is 11.0. The van der Waals surface area contributed by atoms with Gasteiger partial charge in [-0.1, -0.05) is 0 Å². The lowest BCUT2D eigenvalue weighted by atomic mass is 10.2. The standard InChI is InChI=1S/C22H25N3O3/c1-15(23-16(2)26)13-27-20-7-5-19(6-8-20)25-12-18-11-21(9-10-22(18)24-25)28-14-17-3-4-17/h5-12,15,17H,3-4,13-14H2,1-2H3,(H,23,26). The van der Waals surface area contributed by atoms with Crippen molar-refractivity contribution in [2.75, 3.05) is 13.2 Å². The maximum absolute atomic E-state index is 11.0. The molecule has 1 aliphatic rings. The van der Waals surface area contributed by atoms with E-state index >= 15 is 0 Å². The largest absolute Gasteiger partial charge is 0.493 e. The lowest BCUT2D eigenvalue weighted by molar-refractivity contribution is -0.119. The number of benzene rings is 2. The zero-order chi connectivity index (χ0) is 19.5. The molecule has 0 bridgehead atoms. The number of nitrogens with one attached hydrogen (secondary N) is 1. The Morgan fingerprint density at radius 2 is 1.93 bits per heavy atom. The van der Waals surface area contributed by atoms with Crippen molar-refractivity contribution in [1.29, 1.82) is 0 Å². The molecule has 0 spiro atoms. The van der Waals surface area contributed by atoms with Crippen LogP contribution in [-0.4, -0.2) is 34.9 Å². The fourth-order valence-corrected chi connectivity index (χ4v) is 3.03. The Labute approximate surface area is 164 Å². The van der Waals surface area contributed by atoms with E-state index in [4.69, 9.17) is 9.47 Å². The Morgan fingerprint density at radius 1 is 1.18 bits per heavy atom. The third-order valence-corrected chi connectivity index (χ3v) is 4.71. The first-order chi connectivity index (χ1) is 13.6. The van der Waals surface area contributed by atoms with Crippen molar-refractivity contribution < 1.29 is 14.3 Å². The van der Waals surface area contributed by atoms with Crippen LogP contribution >= 0.6 is 0 Å². The van der Waals surface area contributed by atoms with E-state index in [2.05, 4.69) is 10.4 Å². The SMILES string of the molecule is CC(=O)NC(C)COc1ccc(-n2cc3cc(OCC4CC4)ccc3n2)cc1. The Balaban J connectivity index is 1.41. The molecule has 1 fully saturated rings. The van der Waals surface area contributed by atoms with Crippen LogP contribution in [0.25, 0.3) is 16.6 Å². The van der Waals surface area contributed by atoms with Gasteiger partial charge in [0.1, 0.15) is 18.1 Å². The minimum atomic E-state index is -0.0571. The molecular weight excluding hydrogens is 354 g/mol. The molecule has 1 N–H and O–H groups in total. The quantitative estimate of drug-likeness (QED) is 0.648. The van der Waals surface area contributed by atoms with Crippen LogP contribution in [0.3, 0.4) is 0 Å². The van der Waals surface area contributed by atoms with E-state index in [1.807, 2.05) is 60.3 Å². The van der Waals surface area contributed by atoms with Crippen molar-refractivity contribution in [1.82, 2.24) is 15.1 Å². The summed E-state index contributed by atoms with van der Waals surface area (Å²) in [5, 5.41) is 8.49. The summed E-state index contributed by atoms with van der Waals surface area (Å²) in [6, 6.07) is 13.7. The smallest absolute Gasteiger partial charge is 0.217 e. The second kappa shape index (κ2) is 7.92. The van der Waals surface area contributed by atoms with E-state index in [0.29, 0.717) is 6.61 Å². The topological polar surface area (TPSA) is 65.4 Å². The monoisotopic (exact) mass is 379 g/mol. The number of ether oxygens (including phenoxy) is 2. The molecule has 1 saturated carbocycles. The van der Waals surface area contributed by atoms with Crippen LogP contribution in [-0.2, 0) is 4.79 Å². The molecule has 0 saturated heterocycles. The summed E-state index contributed by atoms with van der Waals surface area (Å²) in [5.74, 6) is 2.34. The van der Waals surface area contributed by atoms with Gasteiger partial charge in [0, 0.05) is 18.5 Å². The van der Waals surface area contributed by atoms with Gasteiger partial charge in [0.2, 0.25) is 5.91 Å². The molecule has 146 valence electrons. The van der Waals surface area contributed by atoms with Gasteiger partial charge >= 0.3 is 0 Å². The average Bonchev–Trinajstić information content (AvgIpc) is 3.41. The van der Waals surface area contributed by atoms with Crippen LogP contribution < -0.4 is 14.8 Å². The fraction of sp³-hybridized carbons (Fsp3) is 0.364. The molecule has 4 rings (SSSR count). The van der Waals surface area contributed by atoms with Crippen molar-refractivity contribution in [3.63, 3.8) is 0 Å². The molecule has 1 amide bonds. The van der Waals surface area contributed by atoms with Gasteiger partial charge in [-0.2, -0.15) is 5.10 Å². The summed E-state index contributed by atoms with van der Waals surface area (Å²) in [5.41, 5.74) is 1.89. The highest BCUT2D eigenvalue weighted by molar-refractivity contribution is 5.80. The lowest BCUT2D eigenvalue weighted by Gasteiger charge is -2.14. The van der Waals surface area contributed by atoms with Crippen molar-refractivity contribution in [2.24, 2.45) is 5.92 Å². The molecule has 0 aliphatic heterocycles. The molecule has 1 unspecified atom stereocenters. The van der Waals surface area contributed by atoms with E-state index in [0.717, 1.165) is 40.6 Å². The lowest BCUT2D eigenvalue weighted by Crippen LogP contribution is -2.35. The molecule has 28 heavy (non-hydrogen) atoms. The van der Waals surface area contributed by atoms with E-state index < -0.39 is 0 Å². The van der Waals surface area contributed by atoms with Gasteiger partial charge in [-0.25, -0.2) is 4.68 Å². The minimum absolute atomic E-state index is 0.0371. The van der Waals surface area contributed by atoms with Crippen LogP contribution in [0.15, 0.2) is 48.7 Å². The first kappa shape index (κ1) is 18.3. The van der Waals surface area contributed by atoms with Gasteiger partial charge in [-0.3, -0.25) is 4.79 Å². The maximum Gasteiger partial charge on any atom is 0.217 e. The summed E-state index contributed by atoms with van der Waals surface area (Å²) in [6.45, 7) is 4.64. The number of rotatable bonds is 8. The first-order valence-electron chi connectivity index (χ1n) is 9.69. The van der Waals surface area contributed by atoms with Crippen LogP contribution in [0, 0.1) is 5.92 Å². The van der Waals surface area contributed by atoms with Gasteiger partial charge in [0.25, 0.3) is 0 Å². The Hall–Kier alpha value is -3.02. The van der Waals surface area contributed by atoms with Crippen LogP contribution in [0.2, 0.25) is 0 Å². The molecule has 1 aliphatic carbocycles. The van der Waals surface area contributed by atoms with Gasteiger partial charge in [0.05, 0.1) is 23.9 Å². The molecule has 1 aromatic heterocycles. The van der Waals surface area contributed by atoms with Crippen LogP contribution in [0.4, 0.5) is 0 Å². The number of hydrogen-bond acceptors (Lipinski definition) is 4. The third kappa shape index (κ3) is 4.63. The van der Waals surface area contributed by atoms with Crippen LogP contribution in [0.1, 0.15) is 26.7 Å². The molecule has 6 nitrogen and oxygen atoms in total. The number of amides is 1. The highest BCUT2D eigenvalue weighted by atomic mass is 16.5. The summed E-state index contributed by atoms with van der Waals surface area (Å²) >= 11 is 0. The van der Waals surface area contributed by atoms with Crippen molar-refractivity contribution in [3.05, 3.63) is 48.7 Å².